The first kappa shape index (κ1) is 22.3. The predicted octanol–water partition coefficient (Wildman–Crippen LogP) is 1.65. The van der Waals surface area contributed by atoms with E-state index in [4.69, 9.17) is 4.74 Å². The fraction of sp³-hybridized carbons (Fsp3) is 0.636. The molecule has 2 aliphatic rings. The second kappa shape index (κ2) is 10.6. The molecule has 30 heavy (non-hydrogen) atoms. The number of aliphatic imine (C=N–C) groups is 1. The Kier molecular flexibility index (Phi) is 7.90. The summed E-state index contributed by atoms with van der Waals surface area (Å²) in [5.41, 5.74) is 0.702. The smallest absolute Gasteiger partial charge is 0.310 e. The predicted molar refractivity (Wildman–Crippen MR) is 117 cm³/mol. The molecule has 2 unspecified atom stereocenters. The number of nitrogens with zero attached hydrogens (tertiary/aromatic N) is 4. The second-order valence-electron chi connectivity index (χ2n) is 8.12. The van der Waals surface area contributed by atoms with Crippen LogP contribution in [0.15, 0.2) is 29.3 Å². The highest BCUT2D eigenvalue weighted by Gasteiger charge is 2.36. The molecule has 1 N–H and O–H groups in total. The molecule has 2 heterocycles. The molecule has 0 radical (unpaired) electrons. The molecule has 3 rings (SSSR count). The van der Waals surface area contributed by atoms with Crippen LogP contribution in [0.3, 0.4) is 0 Å². The van der Waals surface area contributed by atoms with E-state index in [1.54, 1.807) is 13.1 Å². The van der Waals surface area contributed by atoms with Gasteiger partial charge in [0.1, 0.15) is 5.82 Å². The number of piperazine rings is 1. The van der Waals surface area contributed by atoms with Gasteiger partial charge < -0.3 is 19.9 Å². The third-order valence-electron chi connectivity index (χ3n) is 6.13. The van der Waals surface area contributed by atoms with Crippen LogP contribution in [0.25, 0.3) is 0 Å². The van der Waals surface area contributed by atoms with Crippen molar-refractivity contribution in [2.75, 3.05) is 71.4 Å². The van der Waals surface area contributed by atoms with E-state index in [9.17, 15) is 9.18 Å². The zero-order valence-corrected chi connectivity index (χ0v) is 18.3. The van der Waals surface area contributed by atoms with Crippen molar-refractivity contribution in [3.8, 4) is 0 Å². The van der Waals surface area contributed by atoms with Crippen LogP contribution >= 0.6 is 0 Å². The number of nitrogens with one attached hydrogen (secondary N) is 1. The van der Waals surface area contributed by atoms with Crippen molar-refractivity contribution in [1.82, 2.24) is 15.1 Å². The molecule has 0 aromatic heterocycles. The van der Waals surface area contributed by atoms with Gasteiger partial charge in [0.05, 0.1) is 18.7 Å². The summed E-state index contributed by atoms with van der Waals surface area (Å²) in [6.07, 6.45) is 1.00. The van der Waals surface area contributed by atoms with Gasteiger partial charge in [0.2, 0.25) is 0 Å². The number of esters is 1. The quantitative estimate of drug-likeness (QED) is 0.328. The van der Waals surface area contributed by atoms with Gasteiger partial charge in [-0.3, -0.25) is 14.7 Å². The van der Waals surface area contributed by atoms with Crippen LogP contribution in [-0.4, -0.2) is 88.2 Å². The maximum Gasteiger partial charge on any atom is 0.310 e. The Morgan fingerprint density at radius 3 is 2.63 bits per heavy atom. The molecule has 2 aliphatic heterocycles. The van der Waals surface area contributed by atoms with Gasteiger partial charge in [-0.25, -0.2) is 4.39 Å². The van der Waals surface area contributed by atoms with Crippen molar-refractivity contribution in [2.24, 2.45) is 16.8 Å². The van der Waals surface area contributed by atoms with Crippen molar-refractivity contribution in [2.45, 2.75) is 13.3 Å². The number of anilines is 1. The first-order valence-electron chi connectivity index (χ1n) is 10.8. The van der Waals surface area contributed by atoms with E-state index in [1.807, 2.05) is 12.1 Å². The molecule has 1 aromatic rings. The van der Waals surface area contributed by atoms with Gasteiger partial charge in [-0.15, -0.1) is 0 Å². The van der Waals surface area contributed by atoms with Crippen LogP contribution in [0.5, 0.6) is 0 Å². The monoisotopic (exact) mass is 419 g/mol. The number of likely N-dealkylation sites (tertiary alicyclic amines) is 1. The van der Waals surface area contributed by atoms with Crippen molar-refractivity contribution in [1.29, 1.82) is 0 Å². The van der Waals surface area contributed by atoms with Gasteiger partial charge in [-0.2, -0.15) is 0 Å². The summed E-state index contributed by atoms with van der Waals surface area (Å²) in [5.74, 6) is 0.709. The minimum atomic E-state index is -0.146. The zero-order chi connectivity index (χ0) is 21.5. The molecular weight excluding hydrogens is 385 g/mol. The van der Waals surface area contributed by atoms with Gasteiger partial charge in [0, 0.05) is 52.9 Å². The average Bonchev–Trinajstić information content (AvgIpc) is 3.15. The van der Waals surface area contributed by atoms with Gasteiger partial charge in [-0.1, -0.05) is 19.1 Å². The number of benzene rings is 1. The van der Waals surface area contributed by atoms with Crippen molar-refractivity contribution >= 4 is 17.6 Å². The fourth-order valence-corrected chi connectivity index (χ4v) is 4.35. The molecule has 0 spiro atoms. The number of rotatable bonds is 6. The van der Waals surface area contributed by atoms with E-state index in [2.05, 4.69) is 31.9 Å². The minimum Gasteiger partial charge on any atom is -0.469 e. The molecule has 2 saturated heterocycles. The topological polar surface area (TPSA) is 60.4 Å². The molecule has 1 aromatic carbocycles. The van der Waals surface area contributed by atoms with E-state index < -0.39 is 0 Å². The van der Waals surface area contributed by atoms with Crippen molar-refractivity contribution < 1.29 is 13.9 Å². The second-order valence-corrected chi connectivity index (χ2v) is 8.12. The van der Waals surface area contributed by atoms with Crippen LogP contribution < -0.4 is 10.2 Å². The van der Waals surface area contributed by atoms with Gasteiger partial charge in [0.25, 0.3) is 0 Å². The molecular formula is C22H34FN5O2. The van der Waals surface area contributed by atoms with Crippen LogP contribution in [0.2, 0.25) is 0 Å². The number of halogens is 1. The number of guanidine groups is 1. The third-order valence-corrected chi connectivity index (χ3v) is 6.13. The van der Waals surface area contributed by atoms with Gasteiger partial charge in [0.15, 0.2) is 5.96 Å². The van der Waals surface area contributed by atoms with Crippen LogP contribution in [0.4, 0.5) is 10.1 Å². The first-order chi connectivity index (χ1) is 14.5. The summed E-state index contributed by atoms with van der Waals surface area (Å²) in [6, 6.07) is 6.99. The van der Waals surface area contributed by atoms with Gasteiger partial charge >= 0.3 is 5.97 Å². The number of hydrogen-bond acceptors (Lipinski definition) is 5. The molecule has 166 valence electrons. The Bertz CT molecular complexity index is 736. The summed E-state index contributed by atoms with van der Waals surface area (Å²) < 4.78 is 18.9. The lowest BCUT2D eigenvalue weighted by Crippen LogP contribution is -2.47. The Morgan fingerprint density at radius 1 is 1.23 bits per heavy atom. The van der Waals surface area contributed by atoms with Crippen LogP contribution in [0, 0.1) is 17.7 Å². The van der Waals surface area contributed by atoms with E-state index in [-0.39, 0.29) is 23.6 Å². The highest BCUT2D eigenvalue weighted by Crippen LogP contribution is 2.24. The maximum atomic E-state index is 14.0. The van der Waals surface area contributed by atoms with E-state index in [1.165, 1.54) is 13.2 Å². The molecule has 0 bridgehead atoms. The molecule has 0 aliphatic carbocycles. The Morgan fingerprint density at radius 2 is 1.97 bits per heavy atom. The summed E-state index contributed by atoms with van der Waals surface area (Å²) in [5, 5.41) is 3.43. The summed E-state index contributed by atoms with van der Waals surface area (Å²) >= 11 is 0. The maximum absolute atomic E-state index is 14.0. The van der Waals surface area contributed by atoms with E-state index in [0.29, 0.717) is 12.2 Å². The van der Waals surface area contributed by atoms with Gasteiger partial charge in [-0.05, 0) is 31.0 Å². The molecule has 8 heteroatoms. The molecule has 0 saturated carbocycles. The van der Waals surface area contributed by atoms with E-state index >= 15 is 0 Å². The number of para-hydroxylation sites is 1. The number of ether oxygens (including phenoxy) is 1. The Hall–Kier alpha value is -2.35. The van der Waals surface area contributed by atoms with E-state index in [0.717, 1.165) is 58.2 Å². The summed E-state index contributed by atoms with van der Waals surface area (Å²) in [7, 11) is 3.22. The van der Waals surface area contributed by atoms with Crippen LogP contribution in [-0.2, 0) is 9.53 Å². The first-order valence-corrected chi connectivity index (χ1v) is 10.8. The van der Waals surface area contributed by atoms with Crippen molar-refractivity contribution in [3.63, 3.8) is 0 Å². The number of hydrogen-bond donors (Lipinski definition) is 1. The standard InChI is InChI=1S/C22H34FN5O2/c1-17-15-28(16-18(17)21(29)30-3)22(24-2)25-9-6-10-26-11-13-27(14-12-26)20-8-5-4-7-19(20)23/h4-5,7-8,17-18H,6,9-16H2,1-3H3,(H,24,25). The number of carbonyl (C=O) groups is 1. The number of carbonyl (C=O) groups excluding carboxylic acids is 1. The highest BCUT2D eigenvalue weighted by atomic mass is 19.1. The normalized spacial score (nSPS) is 23.0. The van der Waals surface area contributed by atoms with Crippen molar-refractivity contribution in [3.05, 3.63) is 30.1 Å². The average molecular weight is 420 g/mol. The molecule has 2 fully saturated rings. The molecule has 7 nitrogen and oxygen atoms in total. The van der Waals surface area contributed by atoms with Crippen LogP contribution in [0.1, 0.15) is 13.3 Å². The SMILES string of the molecule is CN=C(NCCCN1CCN(c2ccccc2F)CC1)N1CC(C)C(C(=O)OC)C1. The largest absolute Gasteiger partial charge is 0.469 e. The fourth-order valence-electron chi connectivity index (χ4n) is 4.35. The Balaban J connectivity index is 1.37. The molecule has 0 amide bonds. The lowest BCUT2D eigenvalue weighted by molar-refractivity contribution is -0.145. The Labute approximate surface area is 178 Å². The highest BCUT2D eigenvalue weighted by molar-refractivity contribution is 5.82. The number of methoxy groups -OCH3 is 1. The molecule has 2 atom stereocenters. The summed E-state index contributed by atoms with van der Waals surface area (Å²) in [4.78, 5) is 23.0. The third kappa shape index (κ3) is 5.41. The lowest BCUT2D eigenvalue weighted by Gasteiger charge is -2.36. The zero-order valence-electron chi connectivity index (χ0n) is 18.3. The summed E-state index contributed by atoms with van der Waals surface area (Å²) in [6.45, 7) is 8.91. The minimum absolute atomic E-state index is 0.0979. The lowest BCUT2D eigenvalue weighted by atomic mass is 9.99.